The average molecular weight is 210 g/mol. The second-order valence-corrected chi connectivity index (χ2v) is 3.51. The molecule has 1 rings (SSSR count). The van der Waals surface area contributed by atoms with E-state index in [-0.39, 0.29) is 5.91 Å². The number of carbonyl (C=O) groups excluding carboxylic acids is 1. The standard InChI is InChI=1S/C10H18N4O/c1-2-3-4-5-6-12-10(15)8-7-13-14-9(8)11/h7H,2-6H2,1H3,(H,12,15)(H3,11,13,14). The smallest absolute Gasteiger partial charge is 0.256 e. The van der Waals surface area contributed by atoms with Gasteiger partial charge in [-0.3, -0.25) is 9.89 Å². The van der Waals surface area contributed by atoms with Gasteiger partial charge in [-0.1, -0.05) is 26.2 Å². The Bertz CT molecular complexity index is 308. The van der Waals surface area contributed by atoms with Crippen molar-refractivity contribution in [1.29, 1.82) is 0 Å². The van der Waals surface area contributed by atoms with E-state index < -0.39 is 0 Å². The molecule has 5 nitrogen and oxygen atoms in total. The highest BCUT2D eigenvalue weighted by Gasteiger charge is 2.09. The summed E-state index contributed by atoms with van der Waals surface area (Å²) in [7, 11) is 0. The van der Waals surface area contributed by atoms with Crippen molar-refractivity contribution < 1.29 is 4.79 Å². The molecular formula is C10H18N4O. The lowest BCUT2D eigenvalue weighted by Crippen LogP contribution is -2.24. The molecule has 0 saturated carbocycles. The molecule has 0 saturated heterocycles. The lowest BCUT2D eigenvalue weighted by molar-refractivity contribution is 0.0954. The number of nitrogens with one attached hydrogen (secondary N) is 2. The van der Waals surface area contributed by atoms with Gasteiger partial charge in [0, 0.05) is 6.54 Å². The quantitative estimate of drug-likeness (QED) is 0.619. The normalized spacial score (nSPS) is 10.2. The molecule has 4 N–H and O–H groups in total. The minimum Gasteiger partial charge on any atom is -0.383 e. The SMILES string of the molecule is CCCCCCNC(=O)c1cn[nH]c1N. The van der Waals surface area contributed by atoms with E-state index in [4.69, 9.17) is 5.73 Å². The Labute approximate surface area is 89.4 Å². The molecule has 1 aromatic rings. The van der Waals surface area contributed by atoms with Crippen LogP contribution in [0.1, 0.15) is 43.0 Å². The second-order valence-electron chi connectivity index (χ2n) is 3.51. The molecule has 0 radical (unpaired) electrons. The zero-order valence-electron chi connectivity index (χ0n) is 9.05. The van der Waals surface area contributed by atoms with Crippen LogP contribution >= 0.6 is 0 Å². The third-order valence-corrected chi connectivity index (χ3v) is 2.23. The number of aromatic amines is 1. The Hall–Kier alpha value is -1.52. The van der Waals surface area contributed by atoms with Crippen molar-refractivity contribution in [3.05, 3.63) is 11.8 Å². The fourth-order valence-corrected chi connectivity index (χ4v) is 1.33. The van der Waals surface area contributed by atoms with Crippen LogP contribution in [0.5, 0.6) is 0 Å². The van der Waals surface area contributed by atoms with E-state index in [0.29, 0.717) is 17.9 Å². The number of amides is 1. The molecule has 84 valence electrons. The summed E-state index contributed by atoms with van der Waals surface area (Å²) in [6, 6.07) is 0. The van der Waals surface area contributed by atoms with Crippen LogP contribution in [-0.4, -0.2) is 22.6 Å². The highest BCUT2D eigenvalue weighted by molar-refractivity contribution is 5.97. The van der Waals surface area contributed by atoms with Crippen molar-refractivity contribution >= 4 is 11.7 Å². The van der Waals surface area contributed by atoms with Crippen molar-refractivity contribution in [2.45, 2.75) is 32.6 Å². The van der Waals surface area contributed by atoms with Crippen LogP contribution in [0.25, 0.3) is 0 Å². The summed E-state index contributed by atoms with van der Waals surface area (Å²) in [6.45, 7) is 2.86. The number of nitrogens with zero attached hydrogens (tertiary/aromatic N) is 1. The fraction of sp³-hybridized carbons (Fsp3) is 0.600. The Morgan fingerprint density at radius 2 is 2.33 bits per heavy atom. The summed E-state index contributed by atoms with van der Waals surface area (Å²) in [5, 5.41) is 9.02. The number of rotatable bonds is 6. The van der Waals surface area contributed by atoms with Gasteiger partial charge in [0.25, 0.3) is 5.91 Å². The molecular weight excluding hydrogens is 192 g/mol. The zero-order chi connectivity index (χ0) is 11.1. The van der Waals surface area contributed by atoms with Gasteiger partial charge < -0.3 is 11.1 Å². The molecule has 0 aliphatic carbocycles. The lowest BCUT2D eigenvalue weighted by atomic mass is 10.2. The minimum atomic E-state index is -0.155. The van der Waals surface area contributed by atoms with Crippen molar-refractivity contribution in [2.24, 2.45) is 0 Å². The van der Waals surface area contributed by atoms with Crippen LogP contribution in [0.3, 0.4) is 0 Å². The molecule has 0 spiro atoms. The van der Waals surface area contributed by atoms with Gasteiger partial charge >= 0.3 is 0 Å². The molecule has 0 fully saturated rings. The number of H-pyrrole nitrogens is 1. The van der Waals surface area contributed by atoms with Crippen LogP contribution < -0.4 is 11.1 Å². The molecule has 1 amide bonds. The van der Waals surface area contributed by atoms with Crippen molar-refractivity contribution in [3.8, 4) is 0 Å². The number of carbonyl (C=O) groups is 1. The van der Waals surface area contributed by atoms with Gasteiger partial charge in [0.1, 0.15) is 11.4 Å². The molecule has 0 aromatic carbocycles. The summed E-state index contributed by atoms with van der Waals surface area (Å²) in [6.07, 6.45) is 6.01. The van der Waals surface area contributed by atoms with E-state index >= 15 is 0 Å². The van der Waals surface area contributed by atoms with Crippen LogP contribution in [0, 0.1) is 0 Å². The summed E-state index contributed by atoms with van der Waals surface area (Å²) in [5.41, 5.74) is 5.94. The topological polar surface area (TPSA) is 83.8 Å². The largest absolute Gasteiger partial charge is 0.383 e. The van der Waals surface area contributed by atoms with Gasteiger partial charge in [-0.05, 0) is 6.42 Å². The Balaban J connectivity index is 2.22. The lowest BCUT2D eigenvalue weighted by Gasteiger charge is -2.03. The fourth-order valence-electron chi connectivity index (χ4n) is 1.33. The monoisotopic (exact) mass is 210 g/mol. The molecule has 0 unspecified atom stereocenters. The molecule has 0 aliphatic heterocycles. The molecule has 0 atom stereocenters. The van der Waals surface area contributed by atoms with E-state index in [1.54, 1.807) is 0 Å². The van der Waals surface area contributed by atoms with Crippen LogP contribution in [0.4, 0.5) is 5.82 Å². The number of aromatic nitrogens is 2. The van der Waals surface area contributed by atoms with Gasteiger partial charge in [0.15, 0.2) is 0 Å². The third kappa shape index (κ3) is 3.61. The summed E-state index contributed by atoms with van der Waals surface area (Å²) < 4.78 is 0. The van der Waals surface area contributed by atoms with Crippen LogP contribution in [0.2, 0.25) is 0 Å². The first-order valence-corrected chi connectivity index (χ1v) is 5.32. The maximum atomic E-state index is 11.5. The van der Waals surface area contributed by atoms with E-state index in [0.717, 1.165) is 12.8 Å². The van der Waals surface area contributed by atoms with Gasteiger partial charge in [-0.15, -0.1) is 0 Å². The number of anilines is 1. The molecule has 1 heterocycles. The Morgan fingerprint density at radius 1 is 1.53 bits per heavy atom. The Morgan fingerprint density at radius 3 is 2.93 bits per heavy atom. The van der Waals surface area contributed by atoms with Gasteiger partial charge in [0.05, 0.1) is 6.20 Å². The molecule has 1 aromatic heterocycles. The predicted octanol–water partition coefficient (Wildman–Crippen LogP) is 1.30. The van der Waals surface area contributed by atoms with E-state index in [1.165, 1.54) is 19.0 Å². The first-order valence-electron chi connectivity index (χ1n) is 5.32. The maximum absolute atomic E-state index is 11.5. The van der Waals surface area contributed by atoms with Gasteiger partial charge in [0.2, 0.25) is 0 Å². The van der Waals surface area contributed by atoms with Crippen molar-refractivity contribution in [2.75, 3.05) is 12.3 Å². The van der Waals surface area contributed by atoms with Gasteiger partial charge in [-0.25, -0.2) is 0 Å². The molecule has 5 heteroatoms. The summed E-state index contributed by atoms with van der Waals surface area (Å²) >= 11 is 0. The van der Waals surface area contributed by atoms with E-state index in [9.17, 15) is 4.79 Å². The number of hydrogen-bond donors (Lipinski definition) is 3. The Kier molecular flexibility index (Phi) is 4.66. The molecule has 15 heavy (non-hydrogen) atoms. The summed E-state index contributed by atoms with van der Waals surface area (Å²) in [5.74, 6) is 0.166. The first kappa shape index (κ1) is 11.6. The number of nitrogens with two attached hydrogens (primary N) is 1. The highest BCUT2D eigenvalue weighted by atomic mass is 16.1. The number of unbranched alkanes of at least 4 members (excludes halogenated alkanes) is 3. The van der Waals surface area contributed by atoms with Crippen molar-refractivity contribution in [3.63, 3.8) is 0 Å². The zero-order valence-corrected chi connectivity index (χ0v) is 9.05. The highest BCUT2D eigenvalue weighted by Crippen LogP contribution is 2.05. The second kappa shape index (κ2) is 6.06. The summed E-state index contributed by atoms with van der Waals surface area (Å²) in [4.78, 5) is 11.5. The third-order valence-electron chi connectivity index (χ3n) is 2.23. The maximum Gasteiger partial charge on any atom is 0.256 e. The molecule has 0 aliphatic rings. The van der Waals surface area contributed by atoms with Crippen LogP contribution in [0.15, 0.2) is 6.20 Å². The minimum absolute atomic E-state index is 0.155. The molecule has 0 bridgehead atoms. The number of hydrogen-bond acceptors (Lipinski definition) is 3. The number of nitrogen functional groups attached to an aromatic ring is 1. The van der Waals surface area contributed by atoms with E-state index in [2.05, 4.69) is 22.4 Å². The van der Waals surface area contributed by atoms with Crippen LogP contribution in [-0.2, 0) is 0 Å². The van der Waals surface area contributed by atoms with E-state index in [1.807, 2.05) is 0 Å². The predicted molar refractivity (Wildman–Crippen MR) is 59.5 cm³/mol. The first-order chi connectivity index (χ1) is 7.25. The van der Waals surface area contributed by atoms with Gasteiger partial charge in [-0.2, -0.15) is 5.10 Å². The average Bonchev–Trinajstić information content (AvgIpc) is 2.64. The van der Waals surface area contributed by atoms with Crippen molar-refractivity contribution in [1.82, 2.24) is 15.5 Å².